The molecular weight excluding hydrogens is 432 g/mol. The molecule has 182 valence electrons. The molecule has 34 heavy (non-hydrogen) atoms. The quantitative estimate of drug-likeness (QED) is 0.589. The minimum absolute atomic E-state index is 0.224. The Bertz CT molecular complexity index is 1030. The Morgan fingerprint density at radius 1 is 0.824 bits per heavy atom. The Morgan fingerprint density at radius 2 is 1.35 bits per heavy atom. The summed E-state index contributed by atoms with van der Waals surface area (Å²) in [7, 11) is 0. The lowest BCUT2D eigenvalue weighted by molar-refractivity contribution is -0.120. The van der Waals surface area contributed by atoms with E-state index in [1.54, 1.807) is 12.1 Å². The average Bonchev–Trinajstić information content (AvgIpc) is 3.22. The highest BCUT2D eigenvalue weighted by atomic mass is 16.6. The highest BCUT2D eigenvalue weighted by Gasteiger charge is 2.36. The molecule has 1 atom stereocenters. The zero-order valence-electron chi connectivity index (χ0n) is 20.8. The first kappa shape index (κ1) is 25.3. The number of nitrogens with zero attached hydrogens (tertiary/aromatic N) is 1. The number of rotatable bonds is 4. The first-order chi connectivity index (χ1) is 15.8. The highest BCUT2D eigenvalue weighted by Crippen LogP contribution is 2.25. The predicted octanol–water partition coefficient (Wildman–Crippen LogP) is 5.65. The van der Waals surface area contributed by atoms with Gasteiger partial charge >= 0.3 is 12.1 Å². The molecule has 1 aliphatic heterocycles. The lowest BCUT2D eigenvalue weighted by Gasteiger charge is -2.28. The van der Waals surface area contributed by atoms with Gasteiger partial charge < -0.3 is 14.8 Å². The molecule has 0 aliphatic carbocycles. The fourth-order valence-electron chi connectivity index (χ4n) is 3.69. The summed E-state index contributed by atoms with van der Waals surface area (Å²) in [5.41, 5.74) is 1.88. The third-order valence-electron chi connectivity index (χ3n) is 5.19. The van der Waals surface area contributed by atoms with E-state index in [4.69, 9.17) is 9.47 Å². The van der Waals surface area contributed by atoms with Crippen LogP contribution in [-0.2, 0) is 14.3 Å². The number of carbonyl (C=O) groups is 3. The van der Waals surface area contributed by atoms with Crippen molar-refractivity contribution in [2.24, 2.45) is 0 Å². The summed E-state index contributed by atoms with van der Waals surface area (Å²) in [4.78, 5) is 39.0. The number of hydrogen-bond acceptors (Lipinski definition) is 5. The maximum atomic E-state index is 12.8. The summed E-state index contributed by atoms with van der Waals surface area (Å²) in [6.07, 6.45) is 0.901. The third kappa shape index (κ3) is 6.83. The molecule has 0 radical (unpaired) electrons. The molecule has 0 aromatic heterocycles. The molecule has 7 nitrogen and oxygen atoms in total. The second-order valence-corrected chi connectivity index (χ2v) is 10.5. The molecule has 1 heterocycles. The maximum Gasteiger partial charge on any atom is 0.410 e. The van der Waals surface area contributed by atoms with Crippen molar-refractivity contribution >= 4 is 23.7 Å². The van der Waals surface area contributed by atoms with Crippen LogP contribution in [0.3, 0.4) is 0 Å². The van der Waals surface area contributed by atoms with E-state index in [0.29, 0.717) is 24.2 Å². The van der Waals surface area contributed by atoms with Gasteiger partial charge in [0.15, 0.2) is 0 Å². The van der Waals surface area contributed by atoms with Gasteiger partial charge in [-0.1, -0.05) is 24.3 Å². The summed E-state index contributed by atoms with van der Waals surface area (Å²) in [6, 6.07) is 14.1. The maximum absolute atomic E-state index is 12.8. The molecule has 3 rings (SSSR count). The minimum atomic E-state index is -0.609. The van der Waals surface area contributed by atoms with Gasteiger partial charge in [-0.05, 0) is 89.8 Å². The molecule has 0 bridgehead atoms. The van der Waals surface area contributed by atoms with Crippen molar-refractivity contribution in [1.82, 2.24) is 4.90 Å². The lowest BCUT2D eigenvalue weighted by Crippen LogP contribution is -2.45. The zero-order chi connectivity index (χ0) is 25.1. The molecule has 2 aromatic rings. The molecule has 0 spiro atoms. The predicted molar refractivity (Wildman–Crippen MR) is 132 cm³/mol. The van der Waals surface area contributed by atoms with Crippen LogP contribution in [0.25, 0.3) is 11.1 Å². The van der Waals surface area contributed by atoms with Gasteiger partial charge in [0.1, 0.15) is 17.2 Å². The van der Waals surface area contributed by atoms with Crippen LogP contribution in [0.15, 0.2) is 48.5 Å². The smallest absolute Gasteiger partial charge is 0.410 e. The van der Waals surface area contributed by atoms with Crippen LogP contribution in [0.5, 0.6) is 0 Å². The van der Waals surface area contributed by atoms with Crippen molar-refractivity contribution in [3.8, 4) is 11.1 Å². The van der Waals surface area contributed by atoms with E-state index in [1.807, 2.05) is 77.9 Å². The molecule has 2 aromatic carbocycles. The third-order valence-corrected chi connectivity index (χ3v) is 5.19. The molecule has 2 amide bonds. The molecule has 1 fully saturated rings. The molecule has 1 N–H and O–H groups in total. The van der Waals surface area contributed by atoms with Crippen LogP contribution >= 0.6 is 0 Å². The Balaban J connectivity index is 1.63. The van der Waals surface area contributed by atoms with Crippen LogP contribution in [0.4, 0.5) is 10.5 Å². The SMILES string of the molecule is CC(C)(C)OC(=O)c1ccc(-c2ccc(NC(=O)[C@H]3CCCN3C(=O)OC(C)(C)C)cc2)cc1. The first-order valence-electron chi connectivity index (χ1n) is 11.6. The number of ether oxygens (including phenoxy) is 2. The molecule has 1 aliphatic rings. The van der Waals surface area contributed by atoms with Crippen LogP contribution < -0.4 is 5.32 Å². The minimum Gasteiger partial charge on any atom is -0.456 e. The van der Waals surface area contributed by atoms with Crippen molar-refractivity contribution in [1.29, 1.82) is 0 Å². The molecule has 7 heteroatoms. The summed E-state index contributed by atoms with van der Waals surface area (Å²) in [5.74, 6) is -0.581. The summed E-state index contributed by atoms with van der Waals surface area (Å²) < 4.78 is 10.8. The number of nitrogens with one attached hydrogen (secondary N) is 1. The Hall–Kier alpha value is -3.35. The van der Waals surface area contributed by atoms with Gasteiger partial charge in [-0.25, -0.2) is 9.59 Å². The van der Waals surface area contributed by atoms with Crippen molar-refractivity contribution < 1.29 is 23.9 Å². The van der Waals surface area contributed by atoms with E-state index in [2.05, 4.69) is 5.32 Å². The fraction of sp³-hybridized carbons (Fsp3) is 0.444. The average molecular weight is 467 g/mol. The van der Waals surface area contributed by atoms with Gasteiger partial charge in [0.2, 0.25) is 5.91 Å². The Labute approximate surface area is 201 Å². The van der Waals surface area contributed by atoms with Crippen molar-refractivity contribution in [2.45, 2.75) is 71.6 Å². The van der Waals surface area contributed by atoms with Crippen molar-refractivity contribution in [3.63, 3.8) is 0 Å². The second-order valence-electron chi connectivity index (χ2n) is 10.5. The normalized spacial score (nSPS) is 16.2. The number of carbonyl (C=O) groups excluding carboxylic acids is 3. The van der Waals surface area contributed by atoms with E-state index >= 15 is 0 Å². The van der Waals surface area contributed by atoms with E-state index in [1.165, 1.54) is 4.90 Å². The Morgan fingerprint density at radius 3 is 1.88 bits per heavy atom. The van der Waals surface area contributed by atoms with Gasteiger partial charge in [-0.2, -0.15) is 0 Å². The lowest BCUT2D eigenvalue weighted by atomic mass is 10.0. The second kappa shape index (κ2) is 9.87. The molecule has 0 unspecified atom stereocenters. The summed E-state index contributed by atoms with van der Waals surface area (Å²) in [6.45, 7) is 11.4. The zero-order valence-corrected chi connectivity index (χ0v) is 20.8. The van der Waals surface area contributed by atoms with Gasteiger partial charge in [-0.3, -0.25) is 9.69 Å². The van der Waals surface area contributed by atoms with E-state index in [0.717, 1.165) is 17.5 Å². The number of likely N-dealkylation sites (tertiary alicyclic amines) is 1. The van der Waals surface area contributed by atoms with Crippen LogP contribution in [0.1, 0.15) is 64.7 Å². The van der Waals surface area contributed by atoms with Crippen LogP contribution in [-0.4, -0.2) is 46.7 Å². The summed E-state index contributed by atoms with van der Waals surface area (Å²) in [5, 5.41) is 2.91. The van der Waals surface area contributed by atoms with E-state index < -0.39 is 23.3 Å². The van der Waals surface area contributed by atoms with Crippen LogP contribution in [0.2, 0.25) is 0 Å². The van der Waals surface area contributed by atoms with Gasteiger partial charge in [0, 0.05) is 12.2 Å². The summed E-state index contributed by atoms with van der Waals surface area (Å²) >= 11 is 0. The number of benzene rings is 2. The molecule has 0 saturated carbocycles. The van der Waals surface area contributed by atoms with Gasteiger partial charge in [-0.15, -0.1) is 0 Å². The van der Waals surface area contributed by atoms with E-state index in [9.17, 15) is 14.4 Å². The monoisotopic (exact) mass is 466 g/mol. The number of anilines is 1. The highest BCUT2D eigenvalue weighted by molar-refractivity contribution is 5.97. The van der Waals surface area contributed by atoms with Crippen LogP contribution in [0, 0.1) is 0 Å². The fourth-order valence-corrected chi connectivity index (χ4v) is 3.69. The number of hydrogen-bond donors (Lipinski definition) is 1. The molecule has 1 saturated heterocycles. The Kier molecular flexibility index (Phi) is 7.34. The van der Waals surface area contributed by atoms with Gasteiger partial charge in [0.25, 0.3) is 0 Å². The standard InChI is InChI=1S/C27H34N2O5/c1-26(2,3)33-24(31)20-11-9-18(10-12-20)19-13-15-21(16-14-19)28-23(30)22-8-7-17-29(22)25(32)34-27(4,5)6/h9-16,22H,7-8,17H2,1-6H3,(H,28,30)/t22-/m1/s1. The van der Waals surface area contributed by atoms with Gasteiger partial charge in [0.05, 0.1) is 5.56 Å². The first-order valence-corrected chi connectivity index (χ1v) is 11.6. The van der Waals surface area contributed by atoms with Crippen molar-refractivity contribution in [3.05, 3.63) is 54.1 Å². The number of esters is 1. The topological polar surface area (TPSA) is 84.9 Å². The largest absolute Gasteiger partial charge is 0.456 e. The van der Waals surface area contributed by atoms with E-state index in [-0.39, 0.29) is 11.9 Å². The van der Waals surface area contributed by atoms with Crippen molar-refractivity contribution in [2.75, 3.05) is 11.9 Å². The molecular formula is C27H34N2O5. The number of amides is 2.